The van der Waals surface area contributed by atoms with Gasteiger partial charge in [0.2, 0.25) is 0 Å². The second-order valence-corrected chi connectivity index (χ2v) is 21.0. The fourth-order valence-corrected chi connectivity index (χ4v) is 11.8. The van der Waals surface area contributed by atoms with E-state index in [0.29, 0.717) is 11.6 Å². The summed E-state index contributed by atoms with van der Waals surface area (Å²) in [5.74, 6) is 1.11. The van der Waals surface area contributed by atoms with Gasteiger partial charge in [-0.05, 0) is 86.6 Å². The Morgan fingerprint density at radius 3 is 1.20 bits per heavy atom. The molecule has 386 valence electrons. The highest BCUT2D eigenvalue weighted by atomic mass is 15.1. The van der Waals surface area contributed by atoms with E-state index < -0.39 is 0 Å². The summed E-state index contributed by atoms with van der Waals surface area (Å²) >= 11 is 0. The Labute approximate surface area is 474 Å². The molecule has 0 unspecified atom stereocenters. The Morgan fingerprint density at radius 1 is 0.256 bits per heavy atom. The first-order valence-corrected chi connectivity index (χ1v) is 27.7. The quantitative estimate of drug-likeness (QED) is 0.136. The molecule has 0 saturated carbocycles. The second-order valence-electron chi connectivity index (χ2n) is 21.0. The molecule has 82 heavy (non-hydrogen) atoms. The van der Waals surface area contributed by atoms with Crippen molar-refractivity contribution in [2.45, 2.75) is 13.8 Å². The summed E-state index contributed by atoms with van der Waals surface area (Å²) in [6.07, 6.45) is 0. The minimum atomic E-state index is 0.545. The minimum absolute atomic E-state index is 0.545. The van der Waals surface area contributed by atoms with E-state index >= 15 is 0 Å². The molecule has 0 aliphatic carbocycles. The number of aromatic nitrogens is 7. The summed E-state index contributed by atoms with van der Waals surface area (Å²) in [4.78, 5) is 28.1. The van der Waals surface area contributed by atoms with Crippen LogP contribution < -0.4 is 0 Å². The van der Waals surface area contributed by atoms with Crippen molar-refractivity contribution in [3.63, 3.8) is 0 Å². The van der Waals surface area contributed by atoms with Crippen molar-refractivity contribution in [3.8, 4) is 102 Å². The predicted octanol–water partition coefficient (Wildman–Crippen LogP) is 18.8. The molecule has 0 atom stereocenters. The van der Waals surface area contributed by atoms with Gasteiger partial charge in [0, 0.05) is 60.5 Å². The van der Waals surface area contributed by atoms with Crippen molar-refractivity contribution in [1.29, 1.82) is 0 Å². The number of nitrogens with zero attached hydrogens (tertiary/aromatic N) is 7. The molecule has 7 nitrogen and oxygen atoms in total. The highest BCUT2D eigenvalue weighted by molar-refractivity contribution is 6.13. The maximum absolute atomic E-state index is 5.77. The smallest absolute Gasteiger partial charge is 0.164 e. The van der Waals surface area contributed by atoms with Crippen molar-refractivity contribution in [2.75, 3.05) is 0 Å². The van der Waals surface area contributed by atoms with Crippen molar-refractivity contribution in [1.82, 2.24) is 34.1 Å². The van der Waals surface area contributed by atoms with Gasteiger partial charge in [-0.25, -0.2) is 24.9 Å². The topological polar surface area (TPSA) is 74.3 Å². The normalized spacial score (nSPS) is 11.5. The maximum Gasteiger partial charge on any atom is 0.164 e. The second kappa shape index (κ2) is 20.1. The van der Waals surface area contributed by atoms with Gasteiger partial charge in [-0.3, -0.25) is 0 Å². The van der Waals surface area contributed by atoms with Crippen molar-refractivity contribution >= 4 is 43.6 Å². The lowest BCUT2D eigenvalue weighted by molar-refractivity contribution is 1.09. The molecule has 5 aromatic heterocycles. The first-order chi connectivity index (χ1) is 40.5. The van der Waals surface area contributed by atoms with Crippen LogP contribution in [0.3, 0.4) is 0 Å². The Hall–Kier alpha value is -10.9. The standard InChI is InChI=1S/C75H51N7/c1-48-35-40-68-59(43-48)60-44-49(2)36-41-69(60)82(68)73-58(74-77-63(51-23-10-4-11-24-51)46-64(78-74)52-25-12-5-13-26-52)39-42-70(72(73)75-79-65(53-27-14-6-15-28-53)47-66(80-75)54-29-16-7-17-30-54)81-67-34-19-18-31-56(67)57-38-37-55(45-71(57)81)62-33-20-32-61(76-62)50-21-8-3-9-22-50/h3-47H,1-2H3. The summed E-state index contributed by atoms with van der Waals surface area (Å²) in [5.41, 5.74) is 20.8. The van der Waals surface area contributed by atoms with Crippen LogP contribution in [0.25, 0.3) is 145 Å². The molecule has 0 fully saturated rings. The Balaban J connectivity index is 1.13. The molecule has 0 amide bonds. The summed E-state index contributed by atoms with van der Waals surface area (Å²) in [6, 6.07) is 96.1. The van der Waals surface area contributed by atoms with E-state index in [9.17, 15) is 0 Å². The molecule has 0 radical (unpaired) electrons. The van der Waals surface area contributed by atoms with Crippen LogP contribution in [0.4, 0.5) is 0 Å². The van der Waals surface area contributed by atoms with Gasteiger partial charge in [0.15, 0.2) is 11.6 Å². The average Bonchev–Trinajstić information content (AvgIpc) is 3.21. The van der Waals surface area contributed by atoms with Crippen LogP contribution in [-0.4, -0.2) is 34.1 Å². The number of pyridine rings is 1. The van der Waals surface area contributed by atoms with Gasteiger partial charge in [0.05, 0.1) is 73.2 Å². The van der Waals surface area contributed by atoms with Crippen LogP contribution >= 0.6 is 0 Å². The molecule has 0 aliphatic heterocycles. The van der Waals surface area contributed by atoms with Crippen molar-refractivity contribution in [3.05, 3.63) is 284 Å². The van der Waals surface area contributed by atoms with Crippen LogP contribution in [0.5, 0.6) is 0 Å². The van der Waals surface area contributed by atoms with E-state index in [1.807, 2.05) is 30.3 Å². The number of benzene rings is 10. The summed E-state index contributed by atoms with van der Waals surface area (Å²) in [6.45, 7) is 4.34. The third-order valence-electron chi connectivity index (χ3n) is 15.7. The minimum Gasteiger partial charge on any atom is -0.308 e. The zero-order valence-electron chi connectivity index (χ0n) is 45.1. The lowest BCUT2D eigenvalue weighted by atomic mass is 9.99. The van der Waals surface area contributed by atoms with E-state index in [1.165, 1.54) is 11.1 Å². The summed E-state index contributed by atoms with van der Waals surface area (Å²) < 4.78 is 4.84. The number of hydrogen-bond acceptors (Lipinski definition) is 5. The van der Waals surface area contributed by atoms with Crippen LogP contribution in [0.2, 0.25) is 0 Å². The van der Waals surface area contributed by atoms with E-state index in [2.05, 4.69) is 266 Å². The number of para-hydroxylation sites is 1. The molecular weight excluding hydrogens is 999 g/mol. The monoisotopic (exact) mass is 1050 g/mol. The number of hydrogen-bond donors (Lipinski definition) is 0. The van der Waals surface area contributed by atoms with Crippen LogP contribution in [-0.2, 0) is 0 Å². The highest BCUT2D eigenvalue weighted by Crippen LogP contribution is 2.47. The van der Waals surface area contributed by atoms with Gasteiger partial charge in [0.25, 0.3) is 0 Å². The molecule has 0 spiro atoms. The van der Waals surface area contributed by atoms with E-state index in [1.54, 1.807) is 0 Å². The number of rotatable bonds is 10. The molecule has 0 N–H and O–H groups in total. The molecular formula is C75H51N7. The van der Waals surface area contributed by atoms with Gasteiger partial charge in [-0.1, -0.05) is 211 Å². The van der Waals surface area contributed by atoms with E-state index in [0.717, 1.165) is 134 Å². The molecule has 10 aromatic carbocycles. The third-order valence-corrected chi connectivity index (χ3v) is 15.7. The van der Waals surface area contributed by atoms with E-state index in [4.69, 9.17) is 24.9 Å². The largest absolute Gasteiger partial charge is 0.308 e. The fraction of sp³-hybridized carbons (Fsp3) is 0.0267. The molecule has 5 heterocycles. The summed E-state index contributed by atoms with van der Waals surface area (Å²) in [5, 5.41) is 4.50. The third kappa shape index (κ3) is 8.51. The maximum atomic E-state index is 5.77. The Kier molecular flexibility index (Phi) is 11.8. The lowest BCUT2D eigenvalue weighted by Gasteiger charge is -2.23. The number of aryl methyl sites for hydroxylation is 2. The Morgan fingerprint density at radius 2 is 0.683 bits per heavy atom. The molecule has 7 heteroatoms. The van der Waals surface area contributed by atoms with Crippen LogP contribution in [0.1, 0.15) is 11.1 Å². The average molecular weight is 1050 g/mol. The number of fused-ring (bicyclic) bond motifs is 6. The molecule has 0 saturated heterocycles. The highest BCUT2D eigenvalue weighted by Gasteiger charge is 2.29. The molecule has 0 aliphatic rings. The zero-order valence-corrected chi connectivity index (χ0v) is 45.1. The predicted molar refractivity (Wildman–Crippen MR) is 337 cm³/mol. The van der Waals surface area contributed by atoms with Crippen LogP contribution in [0, 0.1) is 13.8 Å². The fourth-order valence-electron chi connectivity index (χ4n) is 11.8. The van der Waals surface area contributed by atoms with E-state index in [-0.39, 0.29) is 0 Å². The van der Waals surface area contributed by atoms with Crippen molar-refractivity contribution in [2.24, 2.45) is 0 Å². The molecule has 0 bridgehead atoms. The SMILES string of the molecule is Cc1ccc2c(c1)c1cc(C)ccc1n2-c1c(-c2nc(-c3ccccc3)cc(-c3ccccc3)n2)ccc(-n2c3ccccc3c3ccc(-c4cccc(-c5ccccc5)n4)cc32)c1-c1nc(-c2ccccc2)cc(-c2ccccc2)n1. The van der Waals surface area contributed by atoms with Crippen LogP contribution in [0.15, 0.2) is 273 Å². The van der Waals surface area contributed by atoms with Gasteiger partial charge >= 0.3 is 0 Å². The first kappa shape index (κ1) is 48.3. The summed E-state index contributed by atoms with van der Waals surface area (Å²) in [7, 11) is 0. The molecule has 15 rings (SSSR count). The van der Waals surface area contributed by atoms with Gasteiger partial charge < -0.3 is 9.13 Å². The molecule has 15 aromatic rings. The van der Waals surface area contributed by atoms with Gasteiger partial charge in [-0.15, -0.1) is 0 Å². The first-order valence-electron chi connectivity index (χ1n) is 27.7. The van der Waals surface area contributed by atoms with Crippen molar-refractivity contribution < 1.29 is 0 Å². The van der Waals surface area contributed by atoms with Gasteiger partial charge in [-0.2, -0.15) is 0 Å². The Bertz CT molecular complexity index is 4740. The zero-order chi connectivity index (χ0) is 54.7. The lowest BCUT2D eigenvalue weighted by Crippen LogP contribution is -2.09. The van der Waals surface area contributed by atoms with Gasteiger partial charge in [0.1, 0.15) is 0 Å².